The maximum Gasteiger partial charge on any atom is 0.257 e. The molecule has 0 saturated heterocycles. The van der Waals surface area contributed by atoms with Gasteiger partial charge in [0.05, 0.1) is 29.2 Å². The molecule has 30 heavy (non-hydrogen) atoms. The van der Waals surface area contributed by atoms with E-state index in [1.165, 1.54) is 12.1 Å². The first kappa shape index (κ1) is 19.6. The Morgan fingerprint density at radius 1 is 0.900 bits per heavy atom. The van der Waals surface area contributed by atoms with Crippen LogP contribution in [0, 0.1) is 12.7 Å². The maximum atomic E-state index is 13.5. The standard InChI is InChI=1S/C25H22FN3O/c1-18-23(17-27-29(18)22-11-7-4-8-12-22)25(30)28(2)24(19-9-5-3-6-10-19)20-13-15-21(26)16-14-20/h3-17,24H,1-2H3. The van der Waals surface area contributed by atoms with E-state index in [9.17, 15) is 9.18 Å². The lowest BCUT2D eigenvalue weighted by molar-refractivity contribution is 0.0754. The van der Waals surface area contributed by atoms with Crippen molar-refractivity contribution in [3.05, 3.63) is 119 Å². The van der Waals surface area contributed by atoms with E-state index in [0.717, 1.165) is 22.5 Å². The van der Waals surface area contributed by atoms with Gasteiger partial charge in [0.15, 0.2) is 0 Å². The average Bonchev–Trinajstić information content (AvgIpc) is 3.17. The quantitative estimate of drug-likeness (QED) is 0.464. The minimum Gasteiger partial charge on any atom is -0.330 e. The average molecular weight is 399 g/mol. The molecular formula is C25H22FN3O. The van der Waals surface area contributed by atoms with Crippen LogP contribution in [0.1, 0.15) is 33.2 Å². The van der Waals surface area contributed by atoms with E-state index in [-0.39, 0.29) is 17.8 Å². The van der Waals surface area contributed by atoms with Crippen molar-refractivity contribution < 1.29 is 9.18 Å². The van der Waals surface area contributed by atoms with E-state index in [2.05, 4.69) is 5.10 Å². The van der Waals surface area contributed by atoms with Crippen molar-refractivity contribution in [3.8, 4) is 5.69 Å². The third kappa shape index (κ3) is 3.74. The summed E-state index contributed by atoms with van der Waals surface area (Å²) in [4.78, 5) is 15.1. The van der Waals surface area contributed by atoms with Crippen LogP contribution in [0.2, 0.25) is 0 Å². The van der Waals surface area contributed by atoms with E-state index in [1.807, 2.05) is 67.6 Å². The fraction of sp³-hybridized carbons (Fsp3) is 0.120. The molecule has 3 aromatic carbocycles. The number of rotatable bonds is 5. The van der Waals surface area contributed by atoms with Crippen LogP contribution < -0.4 is 0 Å². The van der Waals surface area contributed by atoms with Gasteiger partial charge in [-0.25, -0.2) is 9.07 Å². The Balaban J connectivity index is 1.72. The fourth-order valence-electron chi connectivity index (χ4n) is 3.68. The highest BCUT2D eigenvalue weighted by molar-refractivity contribution is 5.95. The highest BCUT2D eigenvalue weighted by Gasteiger charge is 2.27. The number of carbonyl (C=O) groups excluding carboxylic acids is 1. The summed E-state index contributed by atoms with van der Waals surface area (Å²) in [6.07, 6.45) is 1.61. The third-order valence-electron chi connectivity index (χ3n) is 5.25. The van der Waals surface area contributed by atoms with Gasteiger partial charge in [0, 0.05) is 7.05 Å². The van der Waals surface area contributed by atoms with Gasteiger partial charge in [-0.2, -0.15) is 5.10 Å². The molecule has 1 aromatic heterocycles. The topological polar surface area (TPSA) is 38.1 Å². The number of para-hydroxylation sites is 1. The van der Waals surface area contributed by atoms with Gasteiger partial charge in [-0.3, -0.25) is 4.79 Å². The van der Waals surface area contributed by atoms with Crippen molar-refractivity contribution in [3.63, 3.8) is 0 Å². The van der Waals surface area contributed by atoms with Crippen molar-refractivity contribution in [2.24, 2.45) is 0 Å². The second kappa shape index (κ2) is 8.33. The normalized spacial score (nSPS) is 11.8. The molecule has 1 atom stereocenters. The molecule has 0 spiro atoms. The van der Waals surface area contributed by atoms with E-state index in [0.29, 0.717) is 5.56 Å². The lowest BCUT2D eigenvalue weighted by Gasteiger charge is -2.29. The van der Waals surface area contributed by atoms with Crippen molar-refractivity contribution in [2.75, 3.05) is 7.05 Å². The van der Waals surface area contributed by atoms with E-state index >= 15 is 0 Å². The minimum absolute atomic E-state index is 0.146. The summed E-state index contributed by atoms with van der Waals surface area (Å²) in [6.45, 7) is 1.89. The summed E-state index contributed by atoms with van der Waals surface area (Å²) in [5.74, 6) is -0.451. The Bertz CT molecular complexity index is 1140. The first-order valence-corrected chi connectivity index (χ1v) is 9.74. The smallest absolute Gasteiger partial charge is 0.257 e. The van der Waals surface area contributed by atoms with Gasteiger partial charge in [-0.15, -0.1) is 0 Å². The van der Waals surface area contributed by atoms with Crippen LogP contribution in [-0.4, -0.2) is 27.6 Å². The Kier molecular flexibility index (Phi) is 5.44. The number of hydrogen-bond donors (Lipinski definition) is 0. The number of nitrogens with zero attached hydrogens (tertiary/aromatic N) is 3. The second-order valence-electron chi connectivity index (χ2n) is 7.17. The Labute approximate surface area is 175 Å². The Morgan fingerprint density at radius 2 is 1.47 bits per heavy atom. The van der Waals surface area contributed by atoms with E-state index in [4.69, 9.17) is 0 Å². The van der Waals surface area contributed by atoms with Gasteiger partial charge in [0.1, 0.15) is 5.82 Å². The van der Waals surface area contributed by atoms with E-state index in [1.54, 1.807) is 35.0 Å². The van der Waals surface area contributed by atoms with Crippen LogP contribution in [0.25, 0.3) is 5.69 Å². The highest BCUT2D eigenvalue weighted by Crippen LogP contribution is 2.29. The van der Waals surface area contributed by atoms with Gasteiger partial charge in [-0.1, -0.05) is 60.7 Å². The number of hydrogen-bond acceptors (Lipinski definition) is 2. The predicted molar refractivity (Wildman–Crippen MR) is 115 cm³/mol. The van der Waals surface area contributed by atoms with E-state index < -0.39 is 0 Å². The van der Waals surface area contributed by atoms with Gasteiger partial charge in [0.25, 0.3) is 5.91 Å². The molecule has 4 aromatic rings. The van der Waals surface area contributed by atoms with Crippen LogP contribution in [0.15, 0.2) is 91.1 Å². The number of aromatic nitrogens is 2. The molecule has 4 nitrogen and oxygen atoms in total. The summed E-state index contributed by atoms with van der Waals surface area (Å²) in [5.41, 5.74) is 3.99. The molecule has 4 rings (SSSR count). The maximum absolute atomic E-state index is 13.5. The molecule has 1 heterocycles. The summed E-state index contributed by atoms with van der Waals surface area (Å²) in [6, 6.07) is 25.4. The van der Waals surface area contributed by atoms with Gasteiger partial charge >= 0.3 is 0 Å². The largest absolute Gasteiger partial charge is 0.330 e. The molecule has 1 unspecified atom stereocenters. The lowest BCUT2D eigenvalue weighted by atomic mass is 9.96. The zero-order valence-corrected chi connectivity index (χ0v) is 16.9. The summed E-state index contributed by atoms with van der Waals surface area (Å²) in [7, 11) is 1.77. The summed E-state index contributed by atoms with van der Waals surface area (Å²) < 4.78 is 15.3. The zero-order valence-electron chi connectivity index (χ0n) is 16.9. The molecule has 0 radical (unpaired) electrons. The predicted octanol–water partition coefficient (Wildman–Crippen LogP) is 5.18. The molecule has 0 N–H and O–H groups in total. The lowest BCUT2D eigenvalue weighted by Crippen LogP contribution is -2.32. The van der Waals surface area contributed by atoms with Gasteiger partial charge in [-0.05, 0) is 42.3 Å². The molecule has 0 aliphatic carbocycles. The molecule has 0 bridgehead atoms. The van der Waals surface area contributed by atoms with Crippen LogP contribution in [-0.2, 0) is 0 Å². The van der Waals surface area contributed by atoms with Gasteiger partial charge < -0.3 is 4.90 Å². The Hall–Kier alpha value is -3.73. The number of carbonyl (C=O) groups is 1. The molecular weight excluding hydrogens is 377 g/mol. The molecule has 0 fully saturated rings. The third-order valence-corrected chi connectivity index (χ3v) is 5.25. The van der Waals surface area contributed by atoms with Crippen LogP contribution in [0.3, 0.4) is 0 Å². The fourth-order valence-corrected chi connectivity index (χ4v) is 3.68. The number of halogens is 1. The van der Waals surface area contributed by atoms with Crippen LogP contribution in [0.4, 0.5) is 4.39 Å². The summed E-state index contributed by atoms with van der Waals surface area (Å²) in [5, 5.41) is 4.43. The van der Waals surface area contributed by atoms with Crippen molar-refractivity contribution in [1.82, 2.24) is 14.7 Å². The van der Waals surface area contributed by atoms with Crippen molar-refractivity contribution >= 4 is 5.91 Å². The monoisotopic (exact) mass is 399 g/mol. The highest BCUT2D eigenvalue weighted by atomic mass is 19.1. The van der Waals surface area contributed by atoms with Crippen LogP contribution >= 0.6 is 0 Å². The molecule has 150 valence electrons. The van der Waals surface area contributed by atoms with Gasteiger partial charge in [0.2, 0.25) is 0 Å². The molecule has 5 heteroatoms. The minimum atomic E-state index is -0.348. The first-order valence-electron chi connectivity index (χ1n) is 9.74. The summed E-state index contributed by atoms with van der Waals surface area (Å²) >= 11 is 0. The SMILES string of the molecule is Cc1c(C(=O)N(C)C(c2ccccc2)c2ccc(F)cc2)cnn1-c1ccccc1. The second-order valence-corrected chi connectivity index (χ2v) is 7.17. The van der Waals surface area contributed by atoms with Crippen LogP contribution in [0.5, 0.6) is 0 Å². The molecule has 1 amide bonds. The van der Waals surface area contributed by atoms with Crippen molar-refractivity contribution in [2.45, 2.75) is 13.0 Å². The zero-order chi connectivity index (χ0) is 21.1. The molecule has 0 aliphatic heterocycles. The first-order chi connectivity index (χ1) is 14.6. The van der Waals surface area contributed by atoms with Crippen molar-refractivity contribution in [1.29, 1.82) is 0 Å². The Morgan fingerprint density at radius 3 is 2.10 bits per heavy atom. The number of benzene rings is 3. The number of amides is 1. The molecule has 0 aliphatic rings. The molecule has 0 saturated carbocycles.